The van der Waals surface area contributed by atoms with E-state index in [1.807, 2.05) is 30.5 Å². The smallest absolute Gasteiger partial charge is 0.248 e. The van der Waals surface area contributed by atoms with Gasteiger partial charge in [0.2, 0.25) is 11.8 Å². The fourth-order valence-corrected chi connectivity index (χ4v) is 4.04. The van der Waals surface area contributed by atoms with Crippen LogP contribution in [0.4, 0.5) is 0 Å². The van der Waals surface area contributed by atoms with E-state index >= 15 is 0 Å². The Morgan fingerprint density at radius 2 is 2.21 bits per heavy atom. The average molecular weight is 284 g/mol. The van der Waals surface area contributed by atoms with Gasteiger partial charge in [-0.25, -0.2) is 0 Å². The molecular formula is C14H24N2O2S. The Morgan fingerprint density at radius 1 is 1.42 bits per heavy atom. The van der Waals surface area contributed by atoms with Crippen LogP contribution in [-0.2, 0) is 9.59 Å². The van der Waals surface area contributed by atoms with E-state index in [0.29, 0.717) is 24.6 Å². The van der Waals surface area contributed by atoms with Crippen LogP contribution in [0.25, 0.3) is 0 Å². The summed E-state index contributed by atoms with van der Waals surface area (Å²) in [5.74, 6) is 1.29. The molecule has 4 nitrogen and oxygen atoms in total. The van der Waals surface area contributed by atoms with Gasteiger partial charge in [-0.2, -0.15) is 11.8 Å². The molecule has 2 aliphatic rings. The molecular weight excluding hydrogens is 260 g/mol. The number of rotatable bonds is 3. The van der Waals surface area contributed by atoms with Crippen LogP contribution in [0.2, 0.25) is 0 Å². The molecule has 0 aromatic carbocycles. The maximum absolute atomic E-state index is 12.6. The molecule has 19 heavy (non-hydrogen) atoms. The molecule has 0 radical (unpaired) electrons. The highest BCUT2D eigenvalue weighted by atomic mass is 32.2. The molecule has 2 atom stereocenters. The molecule has 1 N–H and O–H groups in total. The van der Waals surface area contributed by atoms with E-state index in [9.17, 15) is 9.59 Å². The van der Waals surface area contributed by atoms with Crippen LogP contribution in [0.15, 0.2) is 0 Å². The zero-order chi connectivity index (χ0) is 13.9. The Hall–Kier alpha value is -0.710. The van der Waals surface area contributed by atoms with Crippen LogP contribution in [0.1, 0.15) is 46.0 Å². The largest absolute Gasteiger partial charge is 0.342 e. The van der Waals surface area contributed by atoms with E-state index in [4.69, 9.17) is 0 Å². The topological polar surface area (TPSA) is 49.4 Å². The van der Waals surface area contributed by atoms with Crippen LogP contribution in [0.5, 0.6) is 0 Å². The molecule has 5 heteroatoms. The first-order valence-electron chi connectivity index (χ1n) is 7.27. The van der Waals surface area contributed by atoms with Crippen LogP contribution in [-0.4, -0.2) is 46.3 Å². The van der Waals surface area contributed by atoms with Crippen LogP contribution < -0.4 is 5.32 Å². The van der Waals surface area contributed by atoms with E-state index in [2.05, 4.69) is 5.32 Å². The Morgan fingerprint density at radius 3 is 2.84 bits per heavy atom. The Kier molecular flexibility index (Phi) is 4.76. The van der Waals surface area contributed by atoms with Crippen LogP contribution in [0, 0.1) is 0 Å². The third kappa shape index (κ3) is 3.44. The number of nitrogens with zero attached hydrogens (tertiary/aromatic N) is 1. The molecule has 2 rings (SSSR count). The fourth-order valence-electron chi connectivity index (χ4n) is 2.72. The van der Waals surface area contributed by atoms with Gasteiger partial charge in [0.25, 0.3) is 0 Å². The summed E-state index contributed by atoms with van der Waals surface area (Å²) >= 11 is 1.98. The quantitative estimate of drug-likeness (QED) is 0.859. The average Bonchev–Trinajstić information content (AvgIpc) is 2.52. The van der Waals surface area contributed by atoms with Crippen molar-refractivity contribution in [3.8, 4) is 0 Å². The van der Waals surface area contributed by atoms with Crippen molar-refractivity contribution in [1.29, 1.82) is 0 Å². The Labute approximate surface area is 119 Å². The molecule has 2 fully saturated rings. The van der Waals surface area contributed by atoms with Gasteiger partial charge in [0.15, 0.2) is 0 Å². The SMILES string of the molecule is CCC1(C)NC(=O)CCN(CC2CCCCS2)C1=O. The molecule has 0 bridgehead atoms. The van der Waals surface area contributed by atoms with Crippen molar-refractivity contribution in [3.05, 3.63) is 0 Å². The number of hydrogen-bond acceptors (Lipinski definition) is 3. The molecule has 2 unspecified atom stereocenters. The predicted octanol–water partition coefficient (Wildman–Crippen LogP) is 1.79. The second-order valence-electron chi connectivity index (χ2n) is 5.72. The lowest BCUT2D eigenvalue weighted by Gasteiger charge is -2.34. The van der Waals surface area contributed by atoms with E-state index in [1.54, 1.807) is 0 Å². The molecule has 2 heterocycles. The van der Waals surface area contributed by atoms with Gasteiger partial charge < -0.3 is 10.2 Å². The fraction of sp³-hybridized carbons (Fsp3) is 0.857. The zero-order valence-corrected chi connectivity index (χ0v) is 12.7. The van der Waals surface area contributed by atoms with Gasteiger partial charge in [0, 0.05) is 24.8 Å². The number of amides is 2. The highest BCUT2D eigenvalue weighted by molar-refractivity contribution is 7.99. The summed E-state index contributed by atoms with van der Waals surface area (Å²) in [4.78, 5) is 26.3. The zero-order valence-electron chi connectivity index (χ0n) is 11.9. The Balaban J connectivity index is 2.05. The molecule has 0 aromatic heterocycles. The summed E-state index contributed by atoms with van der Waals surface area (Å²) in [5.41, 5.74) is -0.715. The number of hydrogen-bond donors (Lipinski definition) is 1. The van der Waals surface area contributed by atoms with Crippen molar-refractivity contribution in [3.63, 3.8) is 0 Å². The van der Waals surface area contributed by atoms with Gasteiger partial charge >= 0.3 is 0 Å². The van der Waals surface area contributed by atoms with Gasteiger partial charge in [0.05, 0.1) is 0 Å². The summed E-state index contributed by atoms with van der Waals surface area (Å²) in [7, 11) is 0. The normalized spacial score (nSPS) is 32.9. The van der Waals surface area contributed by atoms with Crippen LogP contribution >= 0.6 is 11.8 Å². The second-order valence-corrected chi connectivity index (χ2v) is 7.13. The number of nitrogens with one attached hydrogen (secondary N) is 1. The molecule has 2 amide bonds. The van der Waals surface area contributed by atoms with Crippen molar-refractivity contribution in [2.45, 2.75) is 56.7 Å². The number of thioether (sulfide) groups is 1. The van der Waals surface area contributed by atoms with E-state index in [0.717, 1.165) is 6.54 Å². The van der Waals surface area contributed by atoms with Crippen molar-refractivity contribution < 1.29 is 9.59 Å². The summed E-state index contributed by atoms with van der Waals surface area (Å²) < 4.78 is 0. The lowest BCUT2D eigenvalue weighted by Crippen LogP contribution is -2.55. The first-order valence-corrected chi connectivity index (χ1v) is 8.32. The minimum atomic E-state index is -0.715. The van der Waals surface area contributed by atoms with Gasteiger partial charge in [-0.1, -0.05) is 13.3 Å². The lowest BCUT2D eigenvalue weighted by atomic mass is 9.97. The summed E-state index contributed by atoms with van der Waals surface area (Å²) in [6.07, 6.45) is 4.83. The lowest BCUT2D eigenvalue weighted by molar-refractivity contribution is -0.138. The van der Waals surface area contributed by atoms with Crippen molar-refractivity contribution in [1.82, 2.24) is 10.2 Å². The van der Waals surface area contributed by atoms with E-state index in [-0.39, 0.29) is 11.8 Å². The third-order valence-electron chi connectivity index (χ3n) is 4.19. The molecule has 2 aliphatic heterocycles. The molecule has 0 aromatic rings. The minimum absolute atomic E-state index is 0.00324. The summed E-state index contributed by atoms with van der Waals surface area (Å²) in [5, 5.41) is 3.43. The molecule has 0 saturated carbocycles. The van der Waals surface area contributed by atoms with Gasteiger partial charge in [-0.15, -0.1) is 0 Å². The van der Waals surface area contributed by atoms with Gasteiger partial charge in [-0.05, 0) is 31.9 Å². The van der Waals surface area contributed by atoms with Gasteiger partial charge in [0.1, 0.15) is 5.54 Å². The van der Waals surface area contributed by atoms with Crippen LogP contribution in [0.3, 0.4) is 0 Å². The standard InChI is InChI=1S/C14H24N2O2S/c1-3-14(2)13(18)16(8-7-12(17)15-14)10-11-6-4-5-9-19-11/h11H,3-10H2,1-2H3,(H,15,17). The predicted molar refractivity (Wildman–Crippen MR) is 78.1 cm³/mol. The highest BCUT2D eigenvalue weighted by Gasteiger charge is 2.39. The van der Waals surface area contributed by atoms with Crippen molar-refractivity contribution in [2.75, 3.05) is 18.8 Å². The third-order valence-corrected chi connectivity index (χ3v) is 5.57. The molecule has 2 saturated heterocycles. The first kappa shape index (κ1) is 14.7. The number of carbonyl (C=O) groups is 2. The monoisotopic (exact) mass is 284 g/mol. The van der Waals surface area contributed by atoms with E-state index in [1.165, 1.54) is 25.0 Å². The highest BCUT2D eigenvalue weighted by Crippen LogP contribution is 2.27. The minimum Gasteiger partial charge on any atom is -0.342 e. The Bertz CT molecular complexity index is 355. The van der Waals surface area contributed by atoms with Crippen molar-refractivity contribution >= 4 is 23.6 Å². The number of carbonyl (C=O) groups excluding carboxylic acids is 2. The van der Waals surface area contributed by atoms with Crippen molar-refractivity contribution in [2.24, 2.45) is 0 Å². The first-order chi connectivity index (χ1) is 9.05. The molecule has 0 spiro atoms. The molecule has 0 aliphatic carbocycles. The summed E-state index contributed by atoms with van der Waals surface area (Å²) in [6.45, 7) is 5.17. The molecule has 108 valence electrons. The maximum atomic E-state index is 12.6. The van der Waals surface area contributed by atoms with Gasteiger partial charge in [-0.3, -0.25) is 9.59 Å². The summed E-state index contributed by atoms with van der Waals surface area (Å²) in [6, 6.07) is 0. The maximum Gasteiger partial charge on any atom is 0.248 e. The second kappa shape index (κ2) is 6.16. The van der Waals surface area contributed by atoms with E-state index < -0.39 is 5.54 Å².